The molecule has 2 aromatic carbocycles. The Labute approximate surface area is 203 Å². The minimum atomic E-state index is -0.423. The largest absolute Gasteiger partial charge is 0.341 e. The number of hydrogen-bond acceptors (Lipinski definition) is 5. The number of rotatable bonds is 6. The summed E-state index contributed by atoms with van der Waals surface area (Å²) in [5.74, 6) is -0.272. The van der Waals surface area contributed by atoms with E-state index < -0.39 is 5.91 Å². The second kappa shape index (κ2) is 10.3. The summed E-state index contributed by atoms with van der Waals surface area (Å²) in [5, 5.41) is 11.5. The first-order chi connectivity index (χ1) is 17.2. The van der Waals surface area contributed by atoms with Gasteiger partial charge in [0.05, 0.1) is 11.4 Å². The van der Waals surface area contributed by atoms with Crippen molar-refractivity contribution in [2.45, 2.75) is 32.2 Å². The second-order valence-electron chi connectivity index (χ2n) is 8.54. The van der Waals surface area contributed by atoms with E-state index in [1.165, 1.54) is 11.0 Å². The molecule has 0 aliphatic carbocycles. The predicted octanol–water partition coefficient (Wildman–Crippen LogP) is 3.79. The van der Waals surface area contributed by atoms with Gasteiger partial charge < -0.3 is 4.90 Å². The topological polar surface area (TPSA) is 97.9 Å². The Morgan fingerprint density at radius 2 is 1.54 bits per heavy atom. The van der Waals surface area contributed by atoms with E-state index in [1.54, 1.807) is 10.7 Å². The summed E-state index contributed by atoms with van der Waals surface area (Å²) in [6, 6.07) is 21.2. The average Bonchev–Trinajstić information content (AvgIpc) is 3.43. The van der Waals surface area contributed by atoms with Crippen LogP contribution in [0.15, 0.2) is 73.1 Å². The third-order valence-corrected chi connectivity index (χ3v) is 6.03. The summed E-state index contributed by atoms with van der Waals surface area (Å²) in [4.78, 5) is 31.7. The minimum absolute atomic E-state index is 0.0174. The summed E-state index contributed by atoms with van der Waals surface area (Å²) < 4.78 is 3.21. The summed E-state index contributed by atoms with van der Waals surface area (Å²) in [6.07, 6.45) is 5.85. The number of carbonyl (C=O) groups excluding carboxylic acids is 2. The molecule has 2 amide bonds. The normalized spacial score (nSPS) is 13.9. The van der Waals surface area contributed by atoms with Crippen molar-refractivity contribution < 1.29 is 9.59 Å². The van der Waals surface area contributed by atoms with Crippen LogP contribution >= 0.6 is 0 Å². The lowest BCUT2D eigenvalue weighted by Gasteiger charge is -2.19. The Morgan fingerprint density at radius 1 is 0.857 bits per heavy atom. The maximum Gasteiger partial charge on any atom is 0.278 e. The number of amides is 2. The van der Waals surface area contributed by atoms with Crippen molar-refractivity contribution in [2.75, 3.05) is 18.4 Å². The average molecular weight is 470 g/mol. The SMILES string of the molecule is O=C(Nc1ncn(CC(=O)N2CCCCCC2)n1)c1cc(-c2ccccc2)n(-c2ccccc2)n1. The van der Waals surface area contributed by atoms with Gasteiger partial charge in [0.1, 0.15) is 12.9 Å². The van der Waals surface area contributed by atoms with Crippen LogP contribution in [-0.4, -0.2) is 54.3 Å². The number of carbonyl (C=O) groups is 2. The van der Waals surface area contributed by atoms with Gasteiger partial charge in [-0.3, -0.25) is 14.9 Å². The molecule has 0 spiro atoms. The molecule has 4 aromatic rings. The zero-order chi connectivity index (χ0) is 24.0. The van der Waals surface area contributed by atoms with Gasteiger partial charge in [-0.1, -0.05) is 61.4 Å². The van der Waals surface area contributed by atoms with E-state index in [0.717, 1.165) is 55.7 Å². The zero-order valence-electron chi connectivity index (χ0n) is 19.4. The summed E-state index contributed by atoms with van der Waals surface area (Å²) in [5.41, 5.74) is 2.82. The van der Waals surface area contributed by atoms with E-state index in [9.17, 15) is 9.59 Å². The molecule has 5 rings (SSSR count). The fourth-order valence-corrected chi connectivity index (χ4v) is 4.22. The minimum Gasteiger partial charge on any atom is -0.341 e. The van der Waals surface area contributed by atoms with Gasteiger partial charge >= 0.3 is 0 Å². The molecular weight excluding hydrogens is 442 g/mol. The Balaban J connectivity index is 1.32. The van der Waals surface area contributed by atoms with Gasteiger partial charge in [0.15, 0.2) is 5.69 Å². The number of likely N-dealkylation sites (tertiary alicyclic amines) is 1. The molecular formula is C26H27N7O2. The second-order valence-corrected chi connectivity index (χ2v) is 8.54. The number of para-hydroxylation sites is 1. The highest BCUT2D eigenvalue weighted by atomic mass is 16.2. The van der Waals surface area contributed by atoms with Gasteiger partial charge in [-0.25, -0.2) is 14.3 Å². The monoisotopic (exact) mass is 469 g/mol. The van der Waals surface area contributed by atoms with Gasteiger partial charge in [0.25, 0.3) is 5.91 Å². The van der Waals surface area contributed by atoms with Gasteiger partial charge in [-0.15, -0.1) is 5.10 Å². The van der Waals surface area contributed by atoms with E-state index in [2.05, 4.69) is 20.5 Å². The summed E-state index contributed by atoms with van der Waals surface area (Å²) in [7, 11) is 0. The first-order valence-corrected chi connectivity index (χ1v) is 11.9. The summed E-state index contributed by atoms with van der Waals surface area (Å²) >= 11 is 0. The van der Waals surface area contributed by atoms with Crippen LogP contribution in [0.3, 0.4) is 0 Å². The van der Waals surface area contributed by atoms with Crippen LogP contribution in [0.25, 0.3) is 16.9 Å². The molecule has 0 bridgehead atoms. The van der Waals surface area contributed by atoms with Crippen molar-refractivity contribution in [1.82, 2.24) is 29.4 Å². The molecule has 1 saturated heterocycles. The molecule has 1 aliphatic rings. The Morgan fingerprint density at radius 3 is 2.26 bits per heavy atom. The van der Waals surface area contributed by atoms with E-state index >= 15 is 0 Å². The van der Waals surface area contributed by atoms with Gasteiger partial charge in [0.2, 0.25) is 11.9 Å². The Hall–Kier alpha value is -4.27. The highest BCUT2D eigenvalue weighted by molar-refractivity contribution is 6.02. The van der Waals surface area contributed by atoms with Crippen LogP contribution < -0.4 is 5.32 Å². The van der Waals surface area contributed by atoms with Gasteiger partial charge in [-0.2, -0.15) is 5.10 Å². The van der Waals surface area contributed by atoms with Gasteiger partial charge in [0, 0.05) is 18.7 Å². The van der Waals surface area contributed by atoms with Crippen molar-refractivity contribution in [3.05, 3.63) is 78.8 Å². The third kappa shape index (κ3) is 5.29. The van der Waals surface area contributed by atoms with Crippen molar-refractivity contribution in [2.24, 2.45) is 0 Å². The molecule has 3 heterocycles. The number of nitrogens with one attached hydrogen (secondary N) is 1. The number of nitrogens with zero attached hydrogens (tertiary/aromatic N) is 6. The first-order valence-electron chi connectivity index (χ1n) is 11.9. The lowest BCUT2D eigenvalue weighted by atomic mass is 10.1. The maximum absolute atomic E-state index is 13.0. The van der Waals surface area contributed by atoms with Crippen LogP contribution in [0.4, 0.5) is 5.95 Å². The molecule has 0 atom stereocenters. The Kier molecular flexibility index (Phi) is 6.65. The van der Waals surface area contributed by atoms with Crippen molar-refractivity contribution in [3.63, 3.8) is 0 Å². The third-order valence-electron chi connectivity index (χ3n) is 6.03. The smallest absolute Gasteiger partial charge is 0.278 e. The molecule has 1 N–H and O–H groups in total. The molecule has 9 nitrogen and oxygen atoms in total. The molecule has 0 radical (unpaired) electrons. The predicted molar refractivity (Wildman–Crippen MR) is 132 cm³/mol. The van der Waals surface area contributed by atoms with Crippen LogP contribution in [0.5, 0.6) is 0 Å². The van der Waals surface area contributed by atoms with Crippen LogP contribution in [0.2, 0.25) is 0 Å². The molecule has 0 saturated carbocycles. The highest BCUT2D eigenvalue weighted by Gasteiger charge is 2.19. The van der Waals surface area contributed by atoms with Gasteiger partial charge in [-0.05, 0) is 31.0 Å². The number of anilines is 1. The lowest BCUT2D eigenvalue weighted by Crippen LogP contribution is -2.34. The lowest BCUT2D eigenvalue weighted by molar-refractivity contribution is -0.132. The molecule has 9 heteroatoms. The van der Waals surface area contributed by atoms with Crippen molar-refractivity contribution >= 4 is 17.8 Å². The molecule has 0 unspecified atom stereocenters. The van der Waals surface area contributed by atoms with Crippen LogP contribution in [-0.2, 0) is 11.3 Å². The molecule has 35 heavy (non-hydrogen) atoms. The van der Waals surface area contributed by atoms with Crippen molar-refractivity contribution in [1.29, 1.82) is 0 Å². The zero-order valence-corrected chi connectivity index (χ0v) is 19.4. The van der Waals surface area contributed by atoms with E-state index in [4.69, 9.17) is 0 Å². The van der Waals surface area contributed by atoms with E-state index in [-0.39, 0.29) is 24.1 Å². The molecule has 2 aromatic heterocycles. The quantitative estimate of drug-likeness (QED) is 0.463. The number of aromatic nitrogens is 5. The van der Waals surface area contributed by atoms with Crippen molar-refractivity contribution in [3.8, 4) is 16.9 Å². The van der Waals surface area contributed by atoms with E-state index in [0.29, 0.717) is 0 Å². The molecule has 178 valence electrons. The number of benzene rings is 2. The number of hydrogen-bond donors (Lipinski definition) is 1. The fraction of sp³-hybridized carbons (Fsp3) is 0.269. The molecule has 1 fully saturated rings. The van der Waals surface area contributed by atoms with Crippen LogP contribution in [0.1, 0.15) is 36.2 Å². The molecule has 1 aliphatic heterocycles. The van der Waals surface area contributed by atoms with Crippen LogP contribution in [0, 0.1) is 0 Å². The highest BCUT2D eigenvalue weighted by Crippen LogP contribution is 2.24. The first kappa shape index (κ1) is 22.5. The summed E-state index contributed by atoms with van der Waals surface area (Å²) in [6.45, 7) is 1.67. The van der Waals surface area contributed by atoms with E-state index in [1.807, 2.05) is 65.6 Å². The fourth-order valence-electron chi connectivity index (χ4n) is 4.22. The maximum atomic E-state index is 13.0. The Bertz CT molecular complexity index is 1230. The standard InChI is InChI=1S/C26H27N7O2/c34-24(31-15-9-1-2-10-16-31)18-32-19-27-26(30-32)28-25(35)22-17-23(20-11-5-3-6-12-20)33(29-22)21-13-7-4-8-14-21/h3-8,11-14,17,19H,1-2,9-10,15-16,18H2,(H,28,30,35).